The number of nitrogens with one attached hydrogen (secondary N) is 2. The Morgan fingerprint density at radius 2 is 1.73 bits per heavy atom. The first-order chi connectivity index (χ1) is 19.6. The Balaban J connectivity index is 1.55. The monoisotopic (exact) mass is 583 g/mol. The van der Waals surface area contributed by atoms with Gasteiger partial charge in [-0.1, -0.05) is 35.9 Å². The topological polar surface area (TPSA) is 123 Å². The Hall–Kier alpha value is -4.25. The minimum Gasteiger partial charge on any atom is -0.481 e. The van der Waals surface area contributed by atoms with E-state index in [1.54, 1.807) is 36.4 Å². The van der Waals surface area contributed by atoms with Gasteiger partial charge in [-0.3, -0.25) is 23.7 Å². The van der Waals surface area contributed by atoms with E-state index < -0.39 is 23.3 Å². The minimum absolute atomic E-state index is 0.01000. The Kier molecular flexibility index (Phi) is 9.72. The highest BCUT2D eigenvalue weighted by atomic mass is 35.5. The molecule has 1 aliphatic rings. The summed E-state index contributed by atoms with van der Waals surface area (Å²) in [5, 5.41) is 5.95. The summed E-state index contributed by atoms with van der Waals surface area (Å²) in [5.41, 5.74) is 0.797. The molecule has 0 saturated carbocycles. The minimum atomic E-state index is -0.690. The van der Waals surface area contributed by atoms with E-state index in [0.29, 0.717) is 42.2 Å². The maximum absolute atomic E-state index is 13.7. The number of ether oxygens (including phenoxy) is 1. The molecule has 2 N–H and O–H groups in total. The summed E-state index contributed by atoms with van der Waals surface area (Å²) >= 11 is 5.97. The van der Waals surface area contributed by atoms with Crippen LogP contribution in [0.2, 0.25) is 5.02 Å². The third-order valence-electron chi connectivity index (χ3n) is 6.77. The number of amides is 3. The number of hydrogen-bond donors (Lipinski definition) is 2. The number of carbonyl (C=O) groups is 3. The van der Waals surface area contributed by atoms with Gasteiger partial charge in [0.15, 0.2) is 5.69 Å². The summed E-state index contributed by atoms with van der Waals surface area (Å²) in [7, 11) is 3.00. The Bertz CT molecular complexity index is 1470. The molecule has 4 rings (SSSR count). The molecule has 41 heavy (non-hydrogen) atoms. The fraction of sp³-hybridized carbons (Fsp3) is 0.345. The molecule has 2 aromatic carbocycles. The van der Waals surface area contributed by atoms with Crippen molar-refractivity contribution < 1.29 is 23.5 Å². The number of aryl methyl sites for hydroxylation is 1. The SMILES string of the molecule is CN(C)C(=O)C(=O)NCC1CCc2nc(C(=O)NCc3ccc(F)cc3)c(OCc3ccc(Cl)cc3)c(=O)n2CC1. The van der Waals surface area contributed by atoms with Crippen molar-refractivity contribution in [3.63, 3.8) is 0 Å². The fourth-order valence-corrected chi connectivity index (χ4v) is 4.53. The van der Waals surface area contributed by atoms with Crippen molar-refractivity contribution in [3.8, 4) is 5.75 Å². The lowest BCUT2D eigenvalue weighted by Gasteiger charge is -2.16. The molecule has 216 valence electrons. The molecular formula is C29H31ClFN5O5. The zero-order valence-electron chi connectivity index (χ0n) is 22.8. The smallest absolute Gasteiger partial charge is 0.311 e. The lowest BCUT2D eigenvalue weighted by atomic mass is 10.0. The van der Waals surface area contributed by atoms with Gasteiger partial charge < -0.3 is 20.3 Å². The first-order valence-corrected chi connectivity index (χ1v) is 13.5. The number of carbonyl (C=O) groups excluding carboxylic acids is 3. The molecule has 10 nitrogen and oxygen atoms in total. The molecule has 1 aliphatic heterocycles. The Morgan fingerprint density at radius 3 is 2.41 bits per heavy atom. The molecule has 0 aliphatic carbocycles. The van der Waals surface area contributed by atoms with Crippen LogP contribution in [0.4, 0.5) is 4.39 Å². The lowest BCUT2D eigenvalue weighted by molar-refractivity contribution is -0.144. The van der Waals surface area contributed by atoms with E-state index in [1.807, 2.05) is 0 Å². The van der Waals surface area contributed by atoms with E-state index in [9.17, 15) is 23.6 Å². The van der Waals surface area contributed by atoms with E-state index in [0.717, 1.165) is 5.56 Å². The van der Waals surface area contributed by atoms with E-state index in [2.05, 4.69) is 15.6 Å². The van der Waals surface area contributed by atoms with Crippen molar-refractivity contribution in [1.82, 2.24) is 25.1 Å². The van der Waals surface area contributed by atoms with Crippen molar-refractivity contribution in [2.75, 3.05) is 20.6 Å². The van der Waals surface area contributed by atoms with Crippen molar-refractivity contribution >= 4 is 29.3 Å². The second kappa shape index (κ2) is 13.4. The summed E-state index contributed by atoms with van der Waals surface area (Å²) in [6.45, 7) is 0.688. The van der Waals surface area contributed by atoms with Gasteiger partial charge in [0.2, 0.25) is 5.75 Å². The number of benzene rings is 2. The zero-order valence-corrected chi connectivity index (χ0v) is 23.5. The van der Waals surface area contributed by atoms with E-state index in [4.69, 9.17) is 16.3 Å². The summed E-state index contributed by atoms with van der Waals surface area (Å²) in [5.74, 6) is -2.08. The predicted octanol–water partition coefficient (Wildman–Crippen LogP) is 2.70. The number of nitrogens with zero attached hydrogens (tertiary/aromatic N) is 3. The third-order valence-corrected chi connectivity index (χ3v) is 7.03. The highest BCUT2D eigenvalue weighted by molar-refractivity contribution is 6.34. The van der Waals surface area contributed by atoms with E-state index >= 15 is 0 Å². The van der Waals surface area contributed by atoms with Crippen molar-refractivity contribution in [3.05, 3.63) is 92.4 Å². The van der Waals surface area contributed by atoms with Gasteiger partial charge in [0, 0.05) is 45.2 Å². The number of hydrogen-bond acceptors (Lipinski definition) is 6. The van der Waals surface area contributed by atoms with Gasteiger partial charge in [0.1, 0.15) is 18.2 Å². The third kappa shape index (κ3) is 7.69. The van der Waals surface area contributed by atoms with Crippen LogP contribution in [0.5, 0.6) is 5.75 Å². The molecule has 0 radical (unpaired) electrons. The second-order valence-corrected chi connectivity index (χ2v) is 10.4. The molecule has 2 heterocycles. The fourth-order valence-electron chi connectivity index (χ4n) is 4.40. The van der Waals surface area contributed by atoms with E-state index in [-0.39, 0.29) is 42.9 Å². The standard InChI is InChI=1S/C29H31ClFN5O5/c1-35(2)29(40)27(38)33-16-19-7-12-23-34-24(26(37)32-15-18-5-10-22(31)11-6-18)25(28(39)36(23)14-13-19)41-17-20-3-8-21(30)9-4-20/h3-6,8-11,19H,7,12-17H2,1-2H3,(H,32,37)(H,33,38). The molecule has 0 saturated heterocycles. The molecule has 0 fully saturated rings. The maximum atomic E-state index is 13.7. The van der Waals surface area contributed by atoms with Crippen LogP contribution >= 0.6 is 11.6 Å². The number of halogens is 2. The lowest BCUT2D eigenvalue weighted by Crippen LogP contribution is -2.41. The number of rotatable bonds is 8. The molecular weight excluding hydrogens is 553 g/mol. The van der Waals surface area contributed by atoms with Gasteiger partial charge in [-0.15, -0.1) is 0 Å². The molecule has 12 heteroatoms. The summed E-state index contributed by atoms with van der Waals surface area (Å²) < 4.78 is 20.7. The van der Waals surface area contributed by atoms with E-state index in [1.165, 1.54) is 35.7 Å². The van der Waals surface area contributed by atoms with Gasteiger partial charge in [0.05, 0.1) is 0 Å². The van der Waals surface area contributed by atoms with Crippen LogP contribution in [0.15, 0.2) is 53.3 Å². The molecule has 1 aromatic heterocycles. The van der Waals surface area contributed by atoms with Gasteiger partial charge in [-0.25, -0.2) is 9.37 Å². The highest BCUT2D eigenvalue weighted by Gasteiger charge is 2.27. The molecule has 0 spiro atoms. The maximum Gasteiger partial charge on any atom is 0.311 e. The number of likely N-dealkylation sites (N-methyl/N-ethyl adjacent to an activating group) is 1. The van der Waals surface area contributed by atoms with Crippen LogP contribution < -0.4 is 20.9 Å². The largest absolute Gasteiger partial charge is 0.481 e. The van der Waals surface area contributed by atoms with Crippen molar-refractivity contribution in [2.45, 2.75) is 39.0 Å². The van der Waals surface area contributed by atoms with Crippen molar-refractivity contribution in [2.24, 2.45) is 5.92 Å². The first-order valence-electron chi connectivity index (χ1n) is 13.2. The Labute approximate surface area is 241 Å². The van der Waals surface area contributed by atoms with Gasteiger partial charge in [0.25, 0.3) is 11.5 Å². The van der Waals surface area contributed by atoms with Gasteiger partial charge >= 0.3 is 11.8 Å². The molecule has 3 aromatic rings. The summed E-state index contributed by atoms with van der Waals surface area (Å²) in [6, 6.07) is 12.6. The molecule has 3 amide bonds. The summed E-state index contributed by atoms with van der Waals surface area (Å²) in [4.78, 5) is 56.6. The number of aromatic nitrogens is 2. The van der Waals surface area contributed by atoms with Crippen LogP contribution in [0.3, 0.4) is 0 Å². The van der Waals surface area contributed by atoms with Gasteiger partial charge in [-0.05, 0) is 54.2 Å². The number of fused-ring (bicyclic) bond motifs is 1. The Morgan fingerprint density at radius 1 is 1.05 bits per heavy atom. The quantitative estimate of drug-likeness (QED) is 0.393. The van der Waals surface area contributed by atoms with Crippen LogP contribution in [-0.4, -0.2) is 52.8 Å². The normalized spacial score (nSPS) is 14.4. The van der Waals surface area contributed by atoms with Crippen molar-refractivity contribution in [1.29, 1.82) is 0 Å². The van der Waals surface area contributed by atoms with Gasteiger partial charge in [-0.2, -0.15) is 0 Å². The molecule has 1 unspecified atom stereocenters. The molecule has 0 bridgehead atoms. The highest BCUT2D eigenvalue weighted by Crippen LogP contribution is 2.22. The van der Waals surface area contributed by atoms with Crippen LogP contribution in [-0.2, 0) is 35.7 Å². The summed E-state index contributed by atoms with van der Waals surface area (Å²) in [6.07, 6.45) is 1.52. The average molecular weight is 584 g/mol. The zero-order chi connectivity index (χ0) is 29.5. The second-order valence-electron chi connectivity index (χ2n) is 9.99. The van der Waals surface area contributed by atoms with Crippen LogP contribution in [0.25, 0.3) is 0 Å². The first kappa shape index (κ1) is 29.7. The average Bonchev–Trinajstić information content (AvgIpc) is 3.17. The van der Waals surface area contributed by atoms with Crippen LogP contribution in [0.1, 0.15) is 40.3 Å². The molecule has 1 atom stereocenters. The predicted molar refractivity (Wildman–Crippen MR) is 150 cm³/mol. The van der Waals surface area contributed by atoms with Crippen LogP contribution in [0, 0.1) is 11.7 Å².